The largest absolute Gasteiger partial charge is 0.379 e. The maximum atomic E-state index is 5.62. The molecule has 120 valence electrons. The third-order valence-electron chi connectivity index (χ3n) is 5.06. The minimum Gasteiger partial charge on any atom is -0.379 e. The molecule has 4 nitrogen and oxygen atoms in total. The molecule has 0 radical (unpaired) electrons. The molecule has 1 fully saturated rings. The molecule has 2 aliphatic heterocycles. The quantitative estimate of drug-likeness (QED) is 0.853. The van der Waals surface area contributed by atoms with Gasteiger partial charge in [-0.1, -0.05) is 26.0 Å². The Labute approximate surface area is 137 Å². The normalized spacial score (nSPS) is 22.4. The number of rotatable bonds is 2. The SMILES string of the molecule is Cc1ncc(-c2ccc3c(c2)N(C2CCOC2)CC3(C)C)cn1. The number of nitrogens with zero attached hydrogens (tertiary/aromatic N) is 3. The lowest BCUT2D eigenvalue weighted by atomic mass is 9.86. The molecule has 4 rings (SSSR count). The average molecular weight is 309 g/mol. The van der Waals surface area contributed by atoms with Gasteiger partial charge in [-0.05, 0) is 30.5 Å². The number of hydrogen-bond donors (Lipinski definition) is 0. The molecule has 1 atom stereocenters. The number of benzene rings is 1. The fourth-order valence-electron chi connectivity index (χ4n) is 3.75. The van der Waals surface area contributed by atoms with Crippen molar-refractivity contribution in [2.75, 3.05) is 24.7 Å². The van der Waals surface area contributed by atoms with Crippen molar-refractivity contribution in [2.24, 2.45) is 0 Å². The van der Waals surface area contributed by atoms with Crippen molar-refractivity contribution < 1.29 is 4.74 Å². The lowest BCUT2D eigenvalue weighted by Crippen LogP contribution is -2.37. The zero-order chi connectivity index (χ0) is 16.0. The highest BCUT2D eigenvalue weighted by molar-refractivity contribution is 5.73. The Bertz CT molecular complexity index is 718. The summed E-state index contributed by atoms with van der Waals surface area (Å²) in [4.78, 5) is 11.2. The predicted octanol–water partition coefficient (Wildman–Crippen LogP) is 3.34. The van der Waals surface area contributed by atoms with E-state index in [9.17, 15) is 0 Å². The number of aryl methyl sites for hydroxylation is 1. The number of ether oxygens (including phenoxy) is 1. The van der Waals surface area contributed by atoms with E-state index in [1.54, 1.807) is 0 Å². The summed E-state index contributed by atoms with van der Waals surface area (Å²) in [6.45, 7) is 9.35. The van der Waals surface area contributed by atoms with Crippen LogP contribution in [0.3, 0.4) is 0 Å². The summed E-state index contributed by atoms with van der Waals surface area (Å²) < 4.78 is 5.62. The van der Waals surface area contributed by atoms with E-state index in [4.69, 9.17) is 4.74 Å². The van der Waals surface area contributed by atoms with Crippen LogP contribution >= 0.6 is 0 Å². The highest BCUT2D eigenvalue weighted by Crippen LogP contribution is 2.44. The number of hydrogen-bond acceptors (Lipinski definition) is 4. The maximum Gasteiger partial charge on any atom is 0.125 e. The second-order valence-corrected chi connectivity index (χ2v) is 7.28. The van der Waals surface area contributed by atoms with E-state index in [-0.39, 0.29) is 5.41 Å². The molecular formula is C19H23N3O. The van der Waals surface area contributed by atoms with Gasteiger partial charge in [0, 0.05) is 42.2 Å². The fraction of sp³-hybridized carbons (Fsp3) is 0.474. The molecule has 1 saturated heterocycles. The predicted molar refractivity (Wildman–Crippen MR) is 91.8 cm³/mol. The van der Waals surface area contributed by atoms with E-state index in [0.29, 0.717) is 6.04 Å². The Morgan fingerprint density at radius 3 is 2.65 bits per heavy atom. The Kier molecular flexibility index (Phi) is 3.38. The summed E-state index contributed by atoms with van der Waals surface area (Å²) in [6.07, 6.45) is 4.94. The first-order chi connectivity index (χ1) is 11.0. The van der Waals surface area contributed by atoms with Gasteiger partial charge in [0.1, 0.15) is 5.82 Å². The van der Waals surface area contributed by atoms with Crippen LogP contribution in [0, 0.1) is 6.92 Å². The highest BCUT2D eigenvalue weighted by Gasteiger charge is 2.39. The van der Waals surface area contributed by atoms with E-state index in [1.165, 1.54) is 16.8 Å². The zero-order valence-corrected chi connectivity index (χ0v) is 14.0. The fourth-order valence-corrected chi connectivity index (χ4v) is 3.75. The van der Waals surface area contributed by atoms with E-state index in [0.717, 1.165) is 37.6 Å². The molecule has 0 saturated carbocycles. The second kappa shape index (κ2) is 5.31. The van der Waals surface area contributed by atoms with Crippen LogP contribution in [0.4, 0.5) is 5.69 Å². The highest BCUT2D eigenvalue weighted by atomic mass is 16.5. The molecule has 3 heterocycles. The molecule has 1 aromatic heterocycles. The molecule has 0 N–H and O–H groups in total. The second-order valence-electron chi connectivity index (χ2n) is 7.28. The van der Waals surface area contributed by atoms with Crippen LogP contribution in [0.1, 0.15) is 31.7 Å². The third kappa shape index (κ3) is 2.51. The molecule has 1 unspecified atom stereocenters. The molecule has 0 amide bonds. The number of aromatic nitrogens is 2. The van der Waals surface area contributed by atoms with Crippen LogP contribution in [0.15, 0.2) is 30.6 Å². The van der Waals surface area contributed by atoms with E-state index in [1.807, 2.05) is 19.3 Å². The molecule has 2 aromatic rings. The van der Waals surface area contributed by atoms with Gasteiger partial charge in [0.25, 0.3) is 0 Å². The maximum absolute atomic E-state index is 5.62. The Morgan fingerprint density at radius 1 is 1.17 bits per heavy atom. The van der Waals surface area contributed by atoms with Gasteiger partial charge in [0.2, 0.25) is 0 Å². The molecular weight excluding hydrogens is 286 g/mol. The van der Waals surface area contributed by atoms with Crippen molar-refractivity contribution in [3.8, 4) is 11.1 Å². The molecule has 2 aliphatic rings. The number of anilines is 1. The third-order valence-corrected chi connectivity index (χ3v) is 5.06. The first kappa shape index (κ1) is 14.6. The summed E-state index contributed by atoms with van der Waals surface area (Å²) in [5.41, 5.74) is 5.22. The van der Waals surface area contributed by atoms with Gasteiger partial charge in [0.05, 0.1) is 12.6 Å². The van der Waals surface area contributed by atoms with Crippen LogP contribution in [-0.4, -0.2) is 35.8 Å². The van der Waals surface area contributed by atoms with Crippen LogP contribution < -0.4 is 4.90 Å². The van der Waals surface area contributed by atoms with Crippen LogP contribution in [0.25, 0.3) is 11.1 Å². The molecule has 23 heavy (non-hydrogen) atoms. The average Bonchev–Trinajstić information content (AvgIpc) is 3.14. The monoisotopic (exact) mass is 309 g/mol. The van der Waals surface area contributed by atoms with Crippen molar-refractivity contribution >= 4 is 5.69 Å². The Hall–Kier alpha value is -1.94. The molecule has 0 spiro atoms. The van der Waals surface area contributed by atoms with Gasteiger partial charge in [-0.15, -0.1) is 0 Å². The lowest BCUT2D eigenvalue weighted by molar-refractivity contribution is 0.193. The van der Waals surface area contributed by atoms with Gasteiger partial charge in [-0.2, -0.15) is 0 Å². The zero-order valence-electron chi connectivity index (χ0n) is 14.0. The van der Waals surface area contributed by atoms with Crippen LogP contribution in [-0.2, 0) is 10.2 Å². The molecule has 0 bridgehead atoms. The van der Waals surface area contributed by atoms with Gasteiger partial charge < -0.3 is 9.64 Å². The standard InChI is InChI=1S/C19H23N3O/c1-13-20-9-15(10-21-13)14-4-5-17-18(8-14)22(12-19(17,2)3)16-6-7-23-11-16/h4-5,8-10,16H,6-7,11-12H2,1-3H3. The minimum atomic E-state index is 0.181. The summed E-state index contributed by atoms with van der Waals surface area (Å²) in [6, 6.07) is 7.28. The van der Waals surface area contributed by atoms with Gasteiger partial charge in [-0.25, -0.2) is 9.97 Å². The van der Waals surface area contributed by atoms with Gasteiger partial charge in [-0.3, -0.25) is 0 Å². The van der Waals surface area contributed by atoms with E-state index >= 15 is 0 Å². The summed E-state index contributed by atoms with van der Waals surface area (Å²) in [7, 11) is 0. The first-order valence-corrected chi connectivity index (χ1v) is 8.32. The summed E-state index contributed by atoms with van der Waals surface area (Å²) in [5, 5.41) is 0. The Morgan fingerprint density at radius 2 is 1.96 bits per heavy atom. The topological polar surface area (TPSA) is 38.2 Å². The minimum absolute atomic E-state index is 0.181. The van der Waals surface area contributed by atoms with Crippen molar-refractivity contribution in [3.63, 3.8) is 0 Å². The molecule has 4 heteroatoms. The van der Waals surface area contributed by atoms with Gasteiger partial charge in [0.15, 0.2) is 0 Å². The van der Waals surface area contributed by atoms with Gasteiger partial charge >= 0.3 is 0 Å². The first-order valence-electron chi connectivity index (χ1n) is 8.32. The van der Waals surface area contributed by atoms with Crippen LogP contribution in [0.2, 0.25) is 0 Å². The van der Waals surface area contributed by atoms with Crippen molar-refractivity contribution in [3.05, 3.63) is 42.0 Å². The van der Waals surface area contributed by atoms with Crippen molar-refractivity contribution in [2.45, 2.75) is 38.6 Å². The molecule has 0 aliphatic carbocycles. The van der Waals surface area contributed by atoms with Crippen molar-refractivity contribution in [1.29, 1.82) is 0 Å². The lowest BCUT2D eigenvalue weighted by Gasteiger charge is -2.27. The summed E-state index contributed by atoms with van der Waals surface area (Å²) in [5.74, 6) is 0.806. The van der Waals surface area contributed by atoms with E-state index < -0.39 is 0 Å². The van der Waals surface area contributed by atoms with Crippen LogP contribution in [0.5, 0.6) is 0 Å². The van der Waals surface area contributed by atoms with E-state index in [2.05, 4.69) is 46.9 Å². The number of fused-ring (bicyclic) bond motifs is 1. The summed E-state index contributed by atoms with van der Waals surface area (Å²) >= 11 is 0. The smallest absolute Gasteiger partial charge is 0.125 e. The van der Waals surface area contributed by atoms with Crippen molar-refractivity contribution in [1.82, 2.24) is 9.97 Å². The Balaban J connectivity index is 1.76. The molecule has 1 aromatic carbocycles.